The molecule has 1 atom stereocenters. The van der Waals surface area contributed by atoms with Crippen LogP contribution in [0.2, 0.25) is 0 Å². The van der Waals surface area contributed by atoms with E-state index in [1.54, 1.807) is 13.8 Å². The van der Waals surface area contributed by atoms with E-state index in [4.69, 9.17) is 4.74 Å². The van der Waals surface area contributed by atoms with Crippen molar-refractivity contribution >= 4 is 22.5 Å². The lowest BCUT2D eigenvalue weighted by atomic mass is 10.1. The Morgan fingerprint density at radius 2 is 1.83 bits per heavy atom. The molecule has 0 heterocycles. The van der Waals surface area contributed by atoms with E-state index in [-0.39, 0.29) is 24.9 Å². The standard InChI is InChI=1S/C23H24F2N2O3/c1-15(2)27(23(29)26-21-11-10-17(24)12-20(21)25)13-18(28)14-30-22-9-5-7-16-6-3-4-8-19(16)22/h3-12,15,18,28H,13-14H2,1-2H3,(H,26,29). The first-order chi connectivity index (χ1) is 14.3. The van der Waals surface area contributed by atoms with Gasteiger partial charge >= 0.3 is 6.03 Å². The van der Waals surface area contributed by atoms with Crippen molar-refractivity contribution in [2.45, 2.75) is 26.0 Å². The minimum Gasteiger partial charge on any atom is -0.490 e. The van der Waals surface area contributed by atoms with E-state index in [0.717, 1.165) is 22.9 Å². The Bertz CT molecular complexity index is 1020. The number of benzene rings is 3. The molecule has 5 nitrogen and oxygen atoms in total. The first-order valence-electron chi connectivity index (χ1n) is 9.66. The molecule has 0 radical (unpaired) electrons. The van der Waals surface area contributed by atoms with Gasteiger partial charge in [0.05, 0.1) is 12.2 Å². The molecule has 3 rings (SSSR count). The smallest absolute Gasteiger partial charge is 0.322 e. The second kappa shape index (κ2) is 9.54. The van der Waals surface area contributed by atoms with Crippen molar-refractivity contribution in [3.8, 4) is 5.75 Å². The molecule has 7 heteroatoms. The summed E-state index contributed by atoms with van der Waals surface area (Å²) < 4.78 is 32.7. The molecule has 0 fully saturated rings. The van der Waals surface area contributed by atoms with Gasteiger partial charge in [-0.15, -0.1) is 0 Å². The summed E-state index contributed by atoms with van der Waals surface area (Å²) in [6.45, 7) is 3.52. The third kappa shape index (κ3) is 5.24. The summed E-state index contributed by atoms with van der Waals surface area (Å²) in [5, 5.41) is 14.8. The molecule has 0 aliphatic carbocycles. The second-order valence-electron chi connectivity index (χ2n) is 7.24. The van der Waals surface area contributed by atoms with Crippen LogP contribution in [0.5, 0.6) is 5.75 Å². The van der Waals surface area contributed by atoms with Gasteiger partial charge in [0, 0.05) is 17.5 Å². The van der Waals surface area contributed by atoms with E-state index in [0.29, 0.717) is 11.8 Å². The van der Waals surface area contributed by atoms with Crippen molar-refractivity contribution in [1.82, 2.24) is 4.90 Å². The number of amides is 2. The first-order valence-corrected chi connectivity index (χ1v) is 9.66. The van der Waals surface area contributed by atoms with Gasteiger partial charge < -0.3 is 20.1 Å². The average Bonchev–Trinajstić information content (AvgIpc) is 2.72. The minimum absolute atomic E-state index is 0.0168. The fourth-order valence-corrected chi connectivity index (χ4v) is 3.09. The Morgan fingerprint density at radius 1 is 1.10 bits per heavy atom. The zero-order chi connectivity index (χ0) is 21.7. The van der Waals surface area contributed by atoms with Gasteiger partial charge in [-0.25, -0.2) is 13.6 Å². The number of fused-ring (bicyclic) bond motifs is 1. The van der Waals surface area contributed by atoms with Gasteiger partial charge in [0.1, 0.15) is 30.1 Å². The third-order valence-corrected chi connectivity index (χ3v) is 4.65. The van der Waals surface area contributed by atoms with Gasteiger partial charge in [-0.3, -0.25) is 0 Å². The largest absolute Gasteiger partial charge is 0.490 e. The van der Waals surface area contributed by atoms with Gasteiger partial charge in [-0.1, -0.05) is 36.4 Å². The maximum Gasteiger partial charge on any atom is 0.322 e. The van der Waals surface area contributed by atoms with Crippen LogP contribution in [-0.4, -0.2) is 41.3 Å². The lowest BCUT2D eigenvalue weighted by Gasteiger charge is -2.29. The maximum absolute atomic E-state index is 13.8. The van der Waals surface area contributed by atoms with E-state index in [9.17, 15) is 18.7 Å². The molecule has 0 saturated heterocycles. The lowest BCUT2D eigenvalue weighted by molar-refractivity contribution is 0.0722. The quantitative estimate of drug-likeness (QED) is 0.584. The fourth-order valence-electron chi connectivity index (χ4n) is 3.09. The molecule has 158 valence electrons. The summed E-state index contributed by atoms with van der Waals surface area (Å²) in [5.41, 5.74) is -0.131. The van der Waals surface area contributed by atoms with Crippen molar-refractivity contribution < 1.29 is 23.4 Å². The van der Waals surface area contributed by atoms with Gasteiger partial charge in [0.2, 0.25) is 0 Å². The van der Waals surface area contributed by atoms with Crippen LogP contribution in [0.4, 0.5) is 19.3 Å². The number of carbonyl (C=O) groups is 1. The van der Waals surface area contributed by atoms with E-state index in [2.05, 4.69) is 5.32 Å². The number of carbonyl (C=O) groups excluding carboxylic acids is 1. The predicted octanol–water partition coefficient (Wildman–Crippen LogP) is 4.80. The summed E-state index contributed by atoms with van der Waals surface area (Å²) in [6, 6.07) is 15.5. The predicted molar refractivity (Wildman–Crippen MR) is 113 cm³/mol. The molecule has 0 aliphatic rings. The SMILES string of the molecule is CC(C)N(CC(O)COc1cccc2ccccc12)C(=O)Nc1ccc(F)cc1F. The van der Waals surface area contributed by atoms with Crippen LogP contribution in [0.1, 0.15) is 13.8 Å². The molecule has 3 aromatic carbocycles. The van der Waals surface area contributed by atoms with Crippen LogP contribution in [0.3, 0.4) is 0 Å². The highest BCUT2D eigenvalue weighted by Crippen LogP contribution is 2.25. The van der Waals surface area contributed by atoms with Crippen molar-refractivity contribution in [3.05, 3.63) is 72.3 Å². The van der Waals surface area contributed by atoms with Gasteiger partial charge in [-0.2, -0.15) is 0 Å². The summed E-state index contributed by atoms with van der Waals surface area (Å²) in [6.07, 6.45) is -0.963. The van der Waals surface area contributed by atoms with Gasteiger partial charge in [-0.05, 0) is 37.4 Å². The van der Waals surface area contributed by atoms with E-state index in [1.165, 1.54) is 4.90 Å². The molecule has 0 aromatic heterocycles. The number of nitrogens with zero attached hydrogens (tertiary/aromatic N) is 1. The number of urea groups is 1. The van der Waals surface area contributed by atoms with Crippen molar-refractivity contribution in [2.24, 2.45) is 0 Å². The number of hydrogen-bond acceptors (Lipinski definition) is 3. The number of hydrogen-bond donors (Lipinski definition) is 2. The average molecular weight is 414 g/mol. The van der Waals surface area contributed by atoms with Crippen molar-refractivity contribution in [2.75, 3.05) is 18.5 Å². The number of anilines is 1. The molecule has 0 spiro atoms. The summed E-state index contributed by atoms with van der Waals surface area (Å²) in [5.74, 6) is -0.958. The van der Waals surface area contributed by atoms with Crippen LogP contribution in [0, 0.1) is 11.6 Å². The zero-order valence-electron chi connectivity index (χ0n) is 16.8. The topological polar surface area (TPSA) is 61.8 Å². The van der Waals surface area contributed by atoms with Crippen LogP contribution < -0.4 is 10.1 Å². The number of halogens is 2. The zero-order valence-corrected chi connectivity index (χ0v) is 16.8. The summed E-state index contributed by atoms with van der Waals surface area (Å²) in [4.78, 5) is 13.9. The molecule has 0 bridgehead atoms. The van der Waals surface area contributed by atoms with Gasteiger partial charge in [0.15, 0.2) is 0 Å². The Balaban J connectivity index is 1.63. The van der Waals surface area contributed by atoms with Crippen LogP contribution in [0.25, 0.3) is 10.8 Å². The summed E-state index contributed by atoms with van der Waals surface area (Å²) in [7, 11) is 0. The second-order valence-corrected chi connectivity index (χ2v) is 7.24. The highest BCUT2D eigenvalue weighted by Gasteiger charge is 2.22. The molecule has 1 unspecified atom stereocenters. The molecule has 0 saturated carbocycles. The molecule has 2 N–H and O–H groups in total. The normalized spacial score (nSPS) is 12.1. The fraction of sp³-hybridized carbons (Fsp3) is 0.261. The van der Waals surface area contributed by atoms with Crippen LogP contribution in [-0.2, 0) is 0 Å². The molecular formula is C23H24F2N2O3. The van der Waals surface area contributed by atoms with E-state index < -0.39 is 23.8 Å². The first kappa shape index (κ1) is 21.5. The number of aliphatic hydroxyl groups is 1. The van der Waals surface area contributed by atoms with Crippen molar-refractivity contribution in [1.29, 1.82) is 0 Å². The number of rotatable bonds is 7. The molecular weight excluding hydrogens is 390 g/mol. The molecule has 0 aliphatic heterocycles. The molecule has 3 aromatic rings. The lowest BCUT2D eigenvalue weighted by Crippen LogP contribution is -2.45. The third-order valence-electron chi connectivity index (χ3n) is 4.65. The molecule has 30 heavy (non-hydrogen) atoms. The number of nitrogens with one attached hydrogen (secondary N) is 1. The summed E-state index contributed by atoms with van der Waals surface area (Å²) >= 11 is 0. The van der Waals surface area contributed by atoms with Crippen LogP contribution in [0.15, 0.2) is 60.7 Å². The van der Waals surface area contributed by atoms with E-state index >= 15 is 0 Å². The Morgan fingerprint density at radius 3 is 2.57 bits per heavy atom. The number of ether oxygens (including phenoxy) is 1. The van der Waals surface area contributed by atoms with Gasteiger partial charge in [0.25, 0.3) is 0 Å². The number of aliphatic hydroxyl groups excluding tert-OH is 1. The Kier molecular flexibility index (Phi) is 6.84. The molecule has 2 amide bonds. The van der Waals surface area contributed by atoms with Crippen molar-refractivity contribution in [3.63, 3.8) is 0 Å². The maximum atomic E-state index is 13.8. The minimum atomic E-state index is -0.963. The monoisotopic (exact) mass is 414 g/mol. The highest BCUT2D eigenvalue weighted by atomic mass is 19.1. The van der Waals surface area contributed by atoms with E-state index in [1.807, 2.05) is 42.5 Å². The highest BCUT2D eigenvalue weighted by molar-refractivity contribution is 5.90. The Hall–Kier alpha value is -3.19. The van der Waals surface area contributed by atoms with Crippen LogP contribution >= 0.6 is 0 Å². The Labute approximate surface area is 173 Å².